The van der Waals surface area contributed by atoms with Crippen molar-refractivity contribution in [3.05, 3.63) is 35.4 Å². The smallest absolute Gasteiger partial charge is 0.254 e. The van der Waals surface area contributed by atoms with E-state index in [0.29, 0.717) is 30.8 Å². The van der Waals surface area contributed by atoms with Crippen molar-refractivity contribution in [2.45, 2.75) is 31.2 Å². The van der Waals surface area contributed by atoms with E-state index in [1.54, 1.807) is 36.3 Å². The normalized spacial score (nSPS) is 23.1. The molecule has 2 aliphatic heterocycles. The lowest BCUT2D eigenvalue weighted by molar-refractivity contribution is -0.146. The predicted octanol–water partition coefficient (Wildman–Crippen LogP) is 1.80. The van der Waals surface area contributed by atoms with E-state index in [9.17, 15) is 9.59 Å². The Morgan fingerprint density at radius 3 is 2.56 bits per heavy atom. The van der Waals surface area contributed by atoms with E-state index in [0.717, 1.165) is 32.2 Å². The minimum atomic E-state index is -0.711. The molecule has 0 aromatic heterocycles. The Balaban J connectivity index is 1.84. The number of hydrogen-bond donors (Lipinski definition) is 0. The molecular formula is C19H23N3O3. The van der Waals surface area contributed by atoms with Gasteiger partial charge in [-0.3, -0.25) is 9.59 Å². The summed E-state index contributed by atoms with van der Waals surface area (Å²) in [7, 11) is 1.63. The fraction of sp³-hybridized carbons (Fsp3) is 0.526. The number of hydrogen-bond acceptors (Lipinski definition) is 4. The van der Waals surface area contributed by atoms with Crippen LogP contribution in [-0.4, -0.2) is 60.5 Å². The van der Waals surface area contributed by atoms with Crippen LogP contribution in [0.25, 0.3) is 0 Å². The lowest BCUT2D eigenvalue weighted by Crippen LogP contribution is -2.61. The quantitative estimate of drug-likeness (QED) is 0.837. The summed E-state index contributed by atoms with van der Waals surface area (Å²) >= 11 is 0. The zero-order valence-corrected chi connectivity index (χ0v) is 14.5. The van der Waals surface area contributed by atoms with Crippen LogP contribution in [0, 0.1) is 11.3 Å². The topological polar surface area (TPSA) is 73.6 Å². The standard InChI is InChI=1S/C19H23N3O3/c1-25-13-12-21-10-2-8-19(18(21)24)9-3-11-22(19)17(23)16-6-4-15(14-20)5-7-16/h4-7H,2-3,8-13H2,1H3. The molecule has 25 heavy (non-hydrogen) atoms. The highest BCUT2D eigenvalue weighted by molar-refractivity contribution is 6.00. The molecule has 2 fully saturated rings. The molecule has 0 aliphatic carbocycles. The summed E-state index contributed by atoms with van der Waals surface area (Å²) in [6, 6.07) is 8.68. The number of ether oxygens (including phenoxy) is 1. The maximum atomic E-state index is 13.1. The molecule has 3 rings (SSSR count). The Morgan fingerprint density at radius 1 is 1.24 bits per heavy atom. The number of piperidine rings is 1. The molecule has 2 aliphatic rings. The van der Waals surface area contributed by atoms with Crippen molar-refractivity contribution in [2.24, 2.45) is 0 Å². The Morgan fingerprint density at radius 2 is 1.92 bits per heavy atom. The van der Waals surface area contributed by atoms with Gasteiger partial charge in [0.2, 0.25) is 5.91 Å². The molecule has 6 nitrogen and oxygen atoms in total. The van der Waals surface area contributed by atoms with Crippen LogP contribution < -0.4 is 0 Å². The predicted molar refractivity (Wildman–Crippen MR) is 91.8 cm³/mol. The molecule has 1 aromatic rings. The number of nitrogens with zero attached hydrogens (tertiary/aromatic N) is 3. The average molecular weight is 341 g/mol. The van der Waals surface area contributed by atoms with E-state index in [-0.39, 0.29) is 11.8 Å². The van der Waals surface area contributed by atoms with Gasteiger partial charge in [-0.1, -0.05) is 0 Å². The third-order valence-electron chi connectivity index (χ3n) is 5.26. The van der Waals surface area contributed by atoms with E-state index >= 15 is 0 Å². The molecule has 1 atom stereocenters. The van der Waals surface area contributed by atoms with E-state index in [2.05, 4.69) is 6.07 Å². The summed E-state index contributed by atoms with van der Waals surface area (Å²) in [4.78, 5) is 29.8. The lowest BCUT2D eigenvalue weighted by atomic mass is 9.85. The van der Waals surface area contributed by atoms with E-state index in [1.807, 2.05) is 4.90 Å². The van der Waals surface area contributed by atoms with Crippen LogP contribution in [0.15, 0.2) is 24.3 Å². The molecule has 6 heteroatoms. The van der Waals surface area contributed by atoms with Gasteiger partial charge in [0.05, 0.1) is 18.2 Å². The molecule has 2 saturated heterocycles. The van der Waals surface area contributed by atoms with Gasteiger partial charge in [0.25, 0.3) is 5.91 Å². The molecule has 1 unspecified atom stereocenters. The first-order valence-corrected chi connectivity index (χ1v) is 8.73. The van der Waals surface area contributed by atoms with Gasteiger partial charge in [0, 0.05) is 32.3 Å². The fourth-order valence-corrected chi connectivity index (χ4v) is 3.98. The molecule has 2 amide bonds. The van der Waals surface area contributed by atoms with Gasteiger partial charge in [0.1, 0.15) is 5.54 Å². The summed E-state index contributed by atoms with van der Waals surface area (Å²) in [5.74, 6) is -0.0702. The van der Waals surface area contributed by atoms with Crippen molar-refractivity contribution in [1.29, 1.82) is 5.26 Å². The van der Waals surface area contributed by atoms with Crippen LogP contribution in [0.5, 0.6) is 0 Å². The Bertz CT molecular complexity index is 695. The second-order valence-electron chi connectivity index (χ2n) is 6.67. The number of carbonyl (C=O) groups is 2. The number of rotatable bonds is 4. The summed E-state index contributed by atoms with van der Waals surface area (Å²) < 4.78 is 5.11. The van der Waals surface area contributed by atoms with Gasteiger partial charge >= 0.3 is 0 Å². The number of nitriles is 1. The Hall–Kier alpha value is -2.39. The molecule has 0 saturated carbocycles. The van der Waals surface area contributed by atoms with E-state index in [4.69, 9.17) is 10.00 Å². The molecule has 2 heterocycles. The zero-order chi connectivity index (χ0) is 17.9. The molecule has 1 aromatic carbocycles. The highest BCUT2D eigenvalue weighted by Crippen LogP contribution is 2.39. The first-order valence-electron chi connectivity index (χ1n) is 8.73. The van der Waals surface area contributed by atoms with Crippen molar-refractivity contribution in [3.8, 4) is 6.07 Å². The molecular weight excluding hydrogens is 318 g/mol. The summed E-state index contributed by atoms with van der Waals surface area (Å²) in [6.07, 6.45) is 3.17. The summed E-state index contributed by atoms with van der Waals surface area (Å²) in [5, 5.41) is 8.91. The highest BCUT2D eigenvalue weighted by Gasteiger charge is 2.52. The lowest BCUT2D eigenvalue weighted by Gasteiger charge is -2.44. The van der Waals surface area contributed by atoms with Crippen molar-refractivity contribution >= 4 is 11.8 Å². The first-order chi connectivity index (χ1) is 12.1. The van der Waals surface area contributed by atoms with Gasteiger partial charge in [-0.25, -0.2) is 0 Å². The van der Waals surface area contributed by atoms with Crippen LogP contribution in [0.4, 0.5) is 0 Å². The van der Waals surface area contributed by atoms with Crippen LogP contribution in [-0.2, 0) is 9.53 Å². The number of benzene rings is 1. The molecule has 0 N–H and O–H groups in total. The van der Waals surface area contributed by atoms with Gasteiger partial charge in [-0.15, -0.1) is 0 Å². The third-order valence-corrected chi connectivity index (χ3v) is 5.26. The molecule has 132 valence electrons. The van der Waals surface area contributed by atoms with Crippen molar-refractivity contribution in [1.82, 2.24) is 9.80 Å². The monoisotopic (exact) mass is 341 g/mol. The van der Waals surface area contributed by atoms with Crippen molar-refractivity contribution < 1.29 is 14.3 Å². The number of likely N-dealkylation sites (tertiary alicyclic amines) is 2. The average Bonchev–Trinajstić information content (AvgIpc) is 3.07. The largest absolute Gasteiger partial charge is 0.383 e. The Labute approximate surface area is 148 Å². The minimum Gasteiger partial charge on any atom is -0.383 e. The minimum absolute atomic E-state index is 0.0512. The second-order valence-corrected chi connectivity index (χ2v) is 6.67. The van der Waals surface area contributed by atoms with Gasteiger partial charge in [0.15, 0.2) is 0 Å². The van der Waals surface area contributed by atoms with Crippen molar-refractivity contribution in [2.75, 3.05) is 33.4 Å². The number of amides is 2. The molecule has 0 bridgehead atoms. The third kappa shape index (κ3) is 3.12. The van der Waals surface area contributed by atoms with Crippen LogP contribution in [0.2, 0.25) is 0 Å². The van der Waals surface area contributed by atoms with E-state index < -0.39 is 5.54 Å². The second kappa shape index (κ2) is 7.24. The zero-order valence-electron chi connectivity index (χ0n) is 14.5. The van der Waals surface area contributed by atoms with Crippen LogP contribution >= 0.6 is 0 Å². The van der Waals surface area contributed by atoms with Crippen LogP contribution in [0.1, 0.15) is 41.6 Å². The van der Waals surface area contributed by atoms with Crippen LogP contribution in [0.3, 0.4) is 0 Å². The van der Waals surface area contributed by atoms with Gasteiger partial charge in [-0.05, 0) is 49.9 Å². The molecule has 1 spiro atoms. The Kier molecular flexibility index (Phi) is 5.05. The maximum absolute atomic E-state index is 13.1. The summed E-state index contributed by atoms with van der Waals surface area (Å²) in [5.41, 5.74) is 0.339. The molecule has 0 radical (unpaired) electrons. The SMILES string of the molecule is COCCN1CCCC2(CCCN2C(=O)c2ccc(C#N)cc2)C1=O. The summed E-state index contributed by atoms with van der Waals surface area (Å²) in [6.45, 7) is 2.40. The maximum Gasteiger partial charge on any atom is 0.254 e. The van der Waals surface area contributed by atoms with Crippen molar-refractivity contribution in [3.63, 3.8) is 0 Å². The van der Waals surface area contributed by atoms with Gasteiger partial charge < -0.3 is 14.5 Å². The fourth-order valence-electron chi connectivity index (χ4n) is 3.98. The first kappa shape index (κ1) is 17.4. The van der Waals surface area contributed by atoms with E-state index in [1.165, 1.54) is 0 Å². The number of carbonyl (C=O) groups excluding carboxylic acids is 2. The highest BCUT2D eigenvalue weighted by atomic mass is 16.5. The van der Waals surface area contributed by atoms with Gasteiger partial charge in [-0.2, -0.15) is 5.26 Å². The number of methoxy groups -OCH3 is 1.